The van der Waals surface area contributed by atoms with E-state index >= 15 is 0 Å². The molecule has 2 aromatic carbocycles. The van der Waals surface area contributed by atoms with Gasteiger partial charge >= 0.3 is 5.97 Å². The summed E-state index contributed by atoms with van der Waals surface area (Å²) in [4.78, 5) is 27.1. The summed E-state index contributed by atoms with van der Waals surface area (Å²) >= 11 is 0. The molecule has 1 saturated carbocycles. The summed E-state index contributed by atoms with van der Waals surface area (Å²) in [6.45, 7) is 0.969. The number of carbonyl (C=O) groups is 2. The van der Waals surface area contributed by atoms with Crippen LogP contribution in [0.15, 0.2) is 72.8 Å². The second-order valence-corrected chi connectivity index (χ2v) is 7.50. The maximum absolute atomic E-state index is 13.5. The Balaban J connectivity index is 1.62. The predicted molar refractivity (Wildman–Crippen MR) is 102 cm³/mol. The molecule has 2 aliphatic rings. The van der Waals surface area contributed by atoms with Crippen molar-refractivity contribution in [3.8, 4) is 0 Å². The van der Waals surface area contributed by atoms with Gasteiger partial charge in [0.1, 0.15) is 0 Å². The highest BCUT2D eigenvalue weighted by Crippen LogP contribution is 2.49. The van der Waals surface area contributed by atoms with Crippen LogP contribution in [0.1, 0.15) is 17.5 Å². The van der Waals surface area contributed by atoms with Crippen LogP contribution in [0.4, 0.5) is 0 Å². The average Bonchev–Trinajstić information content (AvgIpc) is 3.30. The summed E-state index contributed by atoms with van der Waals surface area (Å²) < 4.78 is 0. The highest BCUT2D eigenvalue weighted by Gasteiger charge is 2.52. The van der Waals surface area contributed by atoms with Gasteiger partial charge in [0.2, 0.25) is 5.91 Å². The van der Waals surface area contributed by atoms with E-state index in [0.29, 0.717) is 13.1 Å². The van der Waals surface area contributed by atoms with Gasteiger partial charge in [-0.15, -0.1) is 0 Å². The number of carboxylic acids is 1. The zero-order valence-electron chi connectivity index (χ0n) is 15.1. The quantitative estimate of drug-likeness (QED) is 0.798. The van der Waals surface area contributed by atoms with E-state index in [1.165, 1.54) is 0 Å². The van der Waals surface area contributed by atoms with E-state index in [4.69, 9.17) is 0 Å². The average molecular weight is 361 g/mol. The van der Waals surface area contributed by atoms with Crippen molar-refractivity contribution in [1.82, 2.24) is 4.90 Å². The largest absolute Gasteiger partial charge is 0.481 e. The zero-order chi connectivity index (χ0) is 18.8. The molecule has 138 valence electrons. The number of hydrogen-bond donors (Lipinski definition) is 1. The molecule has 2 bridgehead atoms. The number of carbonyl (C=O) groups excluding carboxylic acids is 1. The van der Waals surface area contributed by atoms with Gasteiger partial charge in [0.05, 0.1) is 11.8 Å². The van der Waals surface area contributed by atoms with Crippen molar-refractivity contribution in [3.05, 3.63) is 83.9 Å². The molecule has 0 aliphatic heterocycles. The number of amides is 1. The van der Waals surface area contributed by atoms with Crippen molar-refractivity contribution in [2.24, 2.45) is 23.7 Å². The van der Waals surface area contributed by atoms with E-state index in [-0.39, 0.29) is 17.7 Å². The Labute approximate surface area is 159 Å². The van der Waals surface area contributed by atoms with Crippen molar-refractivity contribution in [2.75, 3.05) is 0 Å². The van der Waals surface area contributed by atoms with Crippen LogP contribution in [0, 0.1) is 23.7 Å². The normalized spacial score (nSPS) is 25.5. The Morgan fingerprint density at radius 2 is 1.30 bits per heavy atom. The summed E-state index contributed by atoms with van der Waals surface area (Å²) in [5.74, 6) is -1.96. The molecule has 0 unspecified atom stereocenters. The topological polar surface area (TPSA) is 57.6 Å². The lowest BCUT2D eigenvalue weighted by Gasteiger charge is -2.31. The van der Waals surface area contributed by atoms with Gasteiger partial charge in [-0.25, -0.2) is 0 Å². The number of rotatable bonds is 6. The fourth-order valence-corrected chi connectivity index (χ4v) is 4.53. The third kappa shape index (κ3) is 3.52. The van der Waals surface area contributed by atoms with Crippen LogP contribution >= 0.6 is 0 Å². The van der Waals surface area contributed by atoms with Crippen LogP contribution in [0.5, 0.6) is 0 Å². The number of allylic oxidation sites excluding steroid dienone is 2. The second kappa shape index (κ2) is 7.39. The van der Waals surface area contributed by atoms with Crippen LogP contribution in [0.25, 0.3) is 0 Å². The molecule has 1 amide bonds. The molecular weight excluding hydrogens is 338 g/mol. The Kier molecular flexibility index (Phi) is 4.80. The minimum absolute atomic E-state index is 0.0169. The number of carboxylic acid groups (broad SMARTS) is 1. The first-order valence-corrected chi connectivity index (χ1v) is 9.41. The van der Waals surface area contributed by atoms with Gasteiger partial charge in [0.25, 0.3) is 0 Å². The highest BCUT2D eigenvalue weighted by molar-refractivity contribution is 5.87. The Bertz CT molecular complexity index is 805. The van der Waals surface area contributed by atoms with Crippen molar-refractivity contribution in [1.29, 1.82) is 0 Å². The molecule has 0 aromatic heterocycles. The van der Waals surface area contributed by atoms with Gasteiger partial charge in [-0.2, -0.15) is 0 Å². The molecule has 27 heavy (non-hydrogen) atoms. The van der Waals surface area contributed by atoms with E-state index in [0.717, 1.165) is 17.5 Å². The molecule has 0 saturated heterocycles. The summed E-state index contributed by atoms with van der Waals surface area (Å²) in [6.07, 6.45) is 4.79. The summed E-state index contributed by atoms with van der Waals surface area (Å²) in [6, 6.07) is 19.7. The minimum atomic E-state index is -0.857. The lowest BCUT2D eigenvalue weighted by molar-refractivity contribution is -0.151. The zero-order valence-corrected chi connectivity index (χ0v) is 15.1. The molecule has 1 fully saturated rings. The van der Waals surface area contributed by atoms with E-state index in [1.807, 2.05) is 77.7 Å². The van der Waals surface area contributed by atoms with E-state index in [2.05, 4.69) is 0 Å². The number of benzene rings is 2. The second-order valence-electron chi connectivity index (χ2n) is 7.50. The molecule has 4 heteroatoms. The Morgan fingerprint density at radius 1 is 0.815 bits per heavy atom. The van der Waals surface area contributed by atoms with Crippen LogP contribution in [-0.4, -0.2) is 21.9 Å². The number of fused-ring (bicyclic) bond motifs is 2. The Hall–Kier alpha value is -2.88. The molecular formula is C23H23NO3. The van der Waals surface area contributed by atoms with Gasteiger partial charge in [-0.3, -0.25) is 9.59 Å². The smallest absolute Gasteiger partial charge is 0.307 e. The third-order valence-electron chi connectivity index (χ3n) is 5.77. The molecule has 4 atom stereocenters. The molecule has 4 nitrogen and oxygen atoms in total. The van der Waals surface area contributed by atoms with Crippen LogP contribution < -0.4 is 0 Å². The van der Waals surface area contributed by atoms with Gasteiger partial charge in [0.15, 0.2) is 0 Å². The first kappa shape index (κ1) is 17.5. The molecule has 0 heterocycles. The first-order chi connectivity index (χ1) is 13.1. The lowest BCUT2D eigenvalue weighted by atomic mass is 9.82. The van der Waals surface area contributed by atoms with Gasteiger partial charge in [-0.05, 0) is 29.4 Å². The molecule has 0 radical (unpaired) electrons. The highest BCUT2D eigenvalue weighted by atomic mass is 16.4. The van der Waals surface area contributed by atoms with Crippen molar-refractivity contribution in [2.45, 2.75) is 19.5 Å². The van der Waals surface area contributed by atoms with E-state index in [9.17, 15) is 14.7 Å². The van der Waals surface area contributed by atoms with E-state index in [1.54, 1.807) is 0 Å². The standard InChI is InChI=1S/C23H23NO3/c25-22(20-18-11-12-19(13-18)21(20)23(26)27)24(14-16-7-3-1-4-8-16)15-17-9-5-2-6-10-17/h1-12,18-21H,13-15H2,(H,26,27)/t18-,19-,20+,21+/m0/s1. The van der Waals surface area contributed by atoms with Gasteiger partial charge in [-0.1, -0.05) is 72.8 Å². The van der Waals surface area contributed by atoms with Crippen LogP contribution in [-0.2, 0) is 22.7 Å². The minimum Gasteiger partial charge on any atom is -0.481 e. The summed E-state index contributed by atoms with van der Waals surface area (Å²) in [5.41, 5.74) is 2.10. The maximum atomic E-state index is 13.5. The fraction of sp³-hybridized carbons (Fsp3) is 0.304. The number of hydrogen-bond acceptors (Lipinski definition) is 2. The fourth-order valence-electron chi connectivity index (χ4n) is 4.53. The molecule has 2 aliphatic carbocycles. The molecule has 4 rings (SSSR count). The third-order valence-corrected chi connectivity index (χ3v) is 5.77. The summed E-state index contributed by atoms with van der Waals surface area (Å²) in [5, 5.41) is 9.71. The SMILES string of the molecule is O=C(O)[C@H]1[C@H](C(=O)N(Cc2ccccc2)Cc2ccccc2)[C@H]2C=C[C@H]1C2. The monoisotopic (exact) mass is 361 g/mol. The molecule has 2 aromatic rings. The number of nitrogens with zero attached hydrogens (tertiary/aromatic N) is 1. The first-order valence-electron chi connectivity index (χ1n) is 9.41. The maximum Gasteiger partial charge on any atom is 0.307 e. The molecule has 1 N–H and O–H groups in total. The number of aliphatic carboxylic acids is 1. The van der Waals surface area contributed by atoms with E-state index < -0.39 is 17.8 Å². The van der Waals surface area contributed by atoms with Crippen molar-refractivity contribution >= 4 is 11.9 Å². The predicted octanol–water partition coefficient (Wildman–Crippen LogP) is 3.74. The van der Waals surface area contributed by atoms with Crippen molar-refractivity contribution < 1.29 is 14.7 Å². The van der Waals surface area contributed by atoms with Crippen LogP contribution in [0.2, 0.25) is 0 Å². The van der Waals surface area contributed by atoms with Gasteiger partial charge in [0, 0.05) is 13.1 Å². The lowest BCUT2D eigenvalue weighted by Crippen LogP contribution is -2.42. The Morgan fingerprint density at radius 3 is 1.78 bits per heavy atom. The summed E-state index contributed by atoms with van der Waals surface area (Å²) in [7, 11) is 0. The molecule has 0 spiro atoms. The van der Waals surface area contributed by atoms with Crippen LogP contribution in [0.3, 0.4) is 0 Å². The van der Waals surface area contributed by atoms with Crippen molar-refractivity contribution in [3.63, 3.8) is 0 Å². The van der Waals surface area contributed by atoms with Gasteiger partial charge < -0.3 is 10.0 Å².